The molecule has 3 rings (SSSR count). The molecular formula is C21H26N2O3S. The van der Waals surface area contributed by atoms with Crippen LogP contribution in [0, 0.1) is 5.92 Å². The first kappa shape index (κ1) is 19.6. The molecule has 1 heterocycles. The number of carbonyl (C=O) groups excluding carboxylic acids is 1. The highest BCUT2D eigenvalue weighted by molar-refractivity contribution is 7.90. The Bertz CT molecular complexity index is 890. The molecule has 27 heavy (non-hydrogen) atoms. The number of sulfone groups is 1. The van der Waals surface area contributed by atoms with E-state index in [1.54, 1.807) is 0 Å². The van der Waals surface area contributed by atoms with Crippen LogP contribution in [0.3, 0.4) is 0 Å². The zero-order valence-electron chi connectivity index (χ0n) is 15.8. The van der Waals surface area contributed by atoms with E-state index in [4.69, 9.17) is 0 Å². The Morgan fingerprint density at radius 3 is 2.37 bits per heavy atom. The number of nitrogens with zero attached hydrogens (tertiary/aromatic N) is 1. The van der Waals surface area contributed by atoms with Crippen LogP contribution in [-0.4, -0.2) is 38.6 Å². The maximum Gasteiger partial charge on any atom is 0.255 e. The molecule has 0 unspecified atom stereocenters. The minimum absolute atomic E-state index is 0.204. The van der Waals surface area contributed by atoms with E-state index in [-0.39, 0.29) is 10.8 Å². The van der Waals surface area contributed by atoms with E-state index in [1.165, 1.54) is 42.7 Å². The Morgan fingerprint density at radius 2 is 1.78 bits per heavy atom. The van der Waals surface area contributed by atoms with E-state index in [1.807, 2.05) is 24.3 Å². The predicted molar refractivity (Wildman–Crippen MR) is 108 cm³/mol. The normalized spacial score (nSPS) is 18.2. The summed E-state index contributed by atoms with van der Waals surface area (Å²) in [5, 5.41) is 2.85. The summed E-state index contributed by atoms with van der Waals surface area (Å²) in [5.41, 5.74) is 2.39. The third kappa shape index (κ3) is 5.40. The van der Waals surface area contributed by atoms with Crippen LogP contribution in [0.2, 0.25) is 0 Å². The Labute approximate surface area is 161 Å². The van der Waals surface area contributed by atoms with Gasteiger partial charge >= 0.3 is 0 Å². The largest absolute Gasteiger partial charge is 0.322 e. The molecule has 1 aliphatic heterocycles. The highest BCUT2D eigenvalue weighted by Crippen LogP contribution is 2.19. The minimum Gasteiger partial charge on any atom is -0.322 e. The summed E-state index contributed by atoms with van der Waals surface area (Å²) >= 11 is 0. The van der Waals surface area contributed by atoms with Gasteiger partial charge in [-0.15, -0.1) is 0 Å². The van der Waals surface area contributed by atoms with Crippen molar-refractivity contribution in [2.24, 2.45) is 5.92 Å². The smallest absolute Gasteiger partial charge is 0.255 e. The van der Waals surface area contributed by atoms with Gasteiger partial charge in [-0.3, -0.25) is 9.69 Å². The van der Waals surface area contributed by atoms with Gasteiger partial charge in [0.15, 0.2) is 9.84 Å². The fraction of sp³-hybridized carbons (Fsp3) is 0.381. The van der Waals surface area contributed by atoms with Crippen molar-refractivity contribution in [1.82, 2.24) is 4.90 Å². The molecule has 0 saturated carbocycles. The van der Waals surface area contributed by atoms with Gasteiger partial charge in [0.05, 0.1) is 4.90 Å². The zero-order chi connectivity index (χ0) is 19.4. The van der Waals surface area contributed by atoms with Gasteiger partial charge in [0, 0.05) is 30.6 Å². The molecule has 5 nitrogen and oxygen atoms in total. The lowest BCUT2D eigenvalue weighted by molar-refractivity contribution is 0.102. The molecule has 1 N–H and O–H groups in total. The van der Waals surface area contributed by atoms with Crippen molar-refractivity contribution in [1.29, 1.82) is 0 Å². The minimum atomic E-state index is -3.26. The molecule has 6 heteroatoms. The van der Waals surface area contributed by atoms with Crippen molar-refractivity contribution in [3.8, 4) is 0 Å². The first-order valence-electron chi connectivity index (χ1n) is 9.24. The quantitative estimate of drug-likeness (QED) is 0.853. The summed E-state index contributed by atoms with van der Waals surface area (Å²) in [6.45, 7) is 5.52. The maximum absolute atomic E-state index is 12.3. The number of piperidine rings is 1. The Kier molecular flexibility index (Phi) is 5.97. The summed E-state index contributed by atoms with van der Waals surface area (Å²) in [6, 6.07) is 13.9. The van der Waals surface area contributed by atoms with Crippen LogP contribution in [0.25, 0.3) is 0 Å². The van der Waals surface area contributed by atoms with Gasteiger partial charge < -0.3 is 5.32 Å². The second-order valence-corrected chi connectivity index (χ2v) is 9.45. The summed E-state index contributed by atoms with van der Waals surface area (Å²) in [5.74, 6) is 0.499. The number of hydrogen-bond donors (Lipinski definition) is 1. The number of carbonyl (C=O) groups is 1. The topological polar surface area (TPSA) is 66.5 Å². The van der Waals surface area contributed by atoms with Gasteiger partial charge in [-0.05, 0) is 67.3 Å². The average molecular weight is 387 g/mol. The molecule has 0 radical (unpaired) electrons. The van der Waals surface area contributed by atoms with Crippen molar-refractivity contribution in [2.75, 3.05) is 24.7 Å². The Morgan fingerprint density at radius 1 is 1.11 bits per heavy atom. The molecule has 1 saturated heterocycles. The number of anilines is 1. The lowest BCUT2D eigenvalue weighted by Gasteiger charge is -2.30. The number of rotatable bonds is 5. The van der Waals surface area contributed by atoms with Crippen LogP contribution in [0.5, 0.6) is 0 Å². The molecule has 1 aliphatic rings. The number of nitrogens with one attached hydrogen (secondary N) is 1. The number of amides is 1. The summed E-state index contributed by atoms with van der Waals surface area (Å²) in [6.07, 6.45) is 3.72. The highest BCUT2D eigenvalue weighted by atomic mass is 32.2. The molecule has 1 atom stereocenters. The number of benzene rings is 2. The van der Waals surface area contributed by atoms with Gasteiger partial charge in [-0.25, -0.2) is 8.42 Å². The predicted octanol–water partition coefficient (Wildman–Crippen LogP) is 3.57. The molecule has 2 aromatic rings. The van der Waals surface area contributed by atoms with Crippen molar-refractivity contribution in [3.05, 3.63) is 59.7 Å². The SMILES string of the molecule is C[C@H]1CCCN(Cc2ccc(NC(=O)c3ccc(S(C)(=O)=O)cc3)cc2)C1. The molecular weight excluding hydrogens is 360 g/mol. The van der Waals surface area contributed by atoms with Crippen LogP contribution in [0.1, 0.15) is 35.7 Å². The second-order valence-electron chi connectivity index (χ2n) is 7.43. The molecule has 0 spiro atoms. The number of hydrogen-bond acceptors (Lipinski definition) is 4. The Balaban J connectivity index is 1.59. The van der Waals surface area contributed by atoms with Gasteiger partial charge in [0.1, 0.15) is 0 Å². The van der Waals surface area contributed by atoms with E-state index >= 15 is 0 Å². The summed E-state index contributed by atoms with van der Waals surface area (Å²) in [4.78, 5) is 15.0. The van der Waals surface area contributed by atoms with E-state index in [9.17, 15) is 13.2 Å². The molecule has 2 aromatic carbocycles. The summed E-state index contributed by atoms with van der Waals surface area (Å²) < 4.78 is 23.0. The fourth-order valence-electron chi connectivity index (χ4n) is 3.44. The molecule has 0 aromatic heterocycles. The lowest BCUT2D eigenvalue weighted by atomic mass is 10.00. The first-order valence-corrected chi connectivity index (χ1v) is 11.1. The maximum atomic E-state index is 12.3. The van der Waals surface area contributed by atoms with Crippen LogP contribution < -0.4 is 5.32 Å². The standard InChI is InChI=1S/C21H26N2O3S/c1-16-4-3-13-23(14-16)15-17-5-9-19(10-6-17)22-21(24)18-7-11-20(12-8-18)27(2,25)26/h5-12,16H,3-4,13-15H2,1-2H3,(H,22,24)/t16-/m0/s1. The average Bonchev–Trinajstić information content (AvgIpc) is 2.63. The van der Waals surface area contributed by atoms with E-state index in [2.05, 4.69) is 17.1 Å². The second kappa shape index (κ2) is 8.23. The van der Waals surface area contributed by atoms with Gasteiger partial charge in [-0.1, -0.05) is 19.1 Å². The molecule has 1 amide bonds. The van der Waals surface area contributed by atoms with Crippen molar-refractivity contribution in [3.63, 3.8) is 0 Å². The van der Waals surface area contributed by atoms with Gasteiger partial charge in [0.25, 0.3) is 5.91 Å². The van der Waals surface area contributed by atoms with Crippen LogP contribution in [0.4, 0.5) is 5.69 Å². The van der Waals surface area contributed by atoms with Crippen LogP contribution in [-0.2, 0) is 16.4 Å². The summed E-state index contributed by atoms with van der Waals surface area (Å²) in [7, 11) is -3.26. The zero-order valence-corrected chi connectivity index (χ0v) is 16.6. The van der Waals surface area contributed by atoms with Gasteiger partial charge in [0.2, 0.25) is 0 Å². The fourth-order valence-corrected chi connectivity index (χ4v) is 4.07. The Hall–Kier alpha value is -2.18. The third-order valence-electron chi connectivity index (χ3n) is 4.90. The van der Waals surface area contributed by atoms with Crippen molar-refractivity contribution < 1.29 is 13.2 Å². The molecule has 144 valence electrons. The monoisotopic (exact) mass is 386 g/mol. The van der Waals surface area contributed by atoms with Crippen LogP contribution >= 0.6 is 0 Å². The van der Waals surface area contributed by atoms with Gasteiger partial charge in [-0.2, -0.15) is 0 Å². The number of likely N-dealkylation sites (tertiary alicyclic amines) is 1. The van der Waals surface area contributed by atoms with Crippen molar-refractivity contribution >= 4 is 21.4 Å². The third-order valence-corrected chi connectivity index (χ3v) is 6.03. The molecule has 0 aliphatic carbocycles. The van der Waals surface area contributed by atoms with E-state index < -0.39 is 9.84 Å². The molecule has 1 fully saturated rings. The first-order chi connectivity index (χ1) is 12.8. The molecule has 0 bridgehead atoms. The highest BCUT2D eigenvalue weighted by Gasteiger charge is 2.16. The van der Waals surface area contributed by atoms with E-state index in [0.29, 0.717) is 5.56 Å². The van der Waals surface area contributed by atoms with E-state index in [0.717, 1.165) is 37.5 Å². The lowest BCUT2D eigenvalue weighted by Crippen LogP contribution is -2.33. The van der Waals surface area contributed by atoms with Crippen molar-refractivity contribution in [2.45, 2.75) is 31.2 Å². The van der Waals surface area contributed by atoms with Crippen LogP contribution in [0.15, 0.2) is 53.4 Å².